The zero-order chi connectivity index (χ0) is 10.7. The molecule has 2 rings (SSSR count). The van der Waals surface area contributed by atoms with Crippen molar-refractivity contribution in [2.75, 3.05) is 13.1 Å². The summed E-state index contributed by atoms with van der Waals surface area (Å²) in [4.78, 5) is 8.05. The third kappa shape index (κ3) is 2.38. The van der Waals surface area contributed by atoms with Crippen molar-refractivity contribution < 1.29 is 0 Å². The Kier molecular flexibility index (Phi) is 3.72. The number of rotatable bonds is 3. The molecule has 84 valence electrons. The highest BCUT2D eigenvalue weighted by Crippen LogP contribution is 2.29. The molecule has 0 amide bonds. The highest BCUT2D eigenvalue weighted by Gasteiger charge is 2.26. The van der Waals surface area contributed by atoms with Gasteiger partial charge in [0, 0.05) is 29.7 Å². The Morgan fingerprint density at radius 3 is 3.20 bits per heavy atom. The van der Waals surface area contributed by atoms with Gasteiger partial charge in [0.15, 0.2) is 0 Å². The molecule has 0 spiro atoms. The third-order valence-electron chi connectivity index (χ3n) is 3.31. The lowest BCUT2D eigenvalue weighted by Crippen LogP contribution is -2.45. The van der Waals surface area contributed by atoms with Crippen LogP contribution in [-0.4, -0.2) is 29.0 Å². The van der Waals surface area contributed by atoms with Gasteiger partial charge in [-0.15, -0.1) is 11.3 Å². The molecule has 2 heterocycles. The van der Waals surface area contributed by atoms with Crippen molar-refractivity contribution >= 4 is 11.3 Å². The molecule has 1 aliphatic rings. The van der Waals surface area contributed by atoms with E-state index in [1.807, 2.05) is 11.7 Å². The molecule has 1 aliphatic heterocycles. The van der Waals surface area contributed by atoms with E-state index in [-0.39, 0.29) is 0 Å². The van der Waals surface area contributed by atoms with Gasteiger partial charge >= 0.3 is 0 Å². The zero-order valence-electron chi connectivity index (χ0n) is 9.22. The van der Waals surface area contributed by atoms with E-state index in [0.717, 1.165) is 6.54 Å². The maximum Gasteiger partial charge on any atom is 0.0794 e. The number of piperidine rings is 1. The minimum Gasteiger partial charge on any atom is -0.329 e. The van der Waals surface area contributed by atoms with Gasteiger partial charge in [0.25, 0.3) is 0 Å². The SMILES string of the molecule is CC(c1cncs1)N1CCCCC1CN. The number of hydrogen-bond donors (Lipinski definition) is 1. The van der Waals surface area contributed by atoms with Crippen LogP contribution >= 0.6 is 11.3 Å². The second-order valence-electron chi connectivity index (χ2n) is 4.20. The molecule has 0 bridgehead atoms. The summed E-state index contributed by atoms with van der Waals surface area (Å²) in [6.45, 7) is 4.23. The van der Waals surface area contributed by atoms with E-state index in [9.17, 15) is 0 Å². The van der Waals surface area contributed by atoms with Gasteiger partial charge in [-0.05, 0) is 26.3 Å². The molecule has 15 heavy (non-hydrogen) atoms. The summed E-state index contributed by atoms with van der Waals surface area (Å²) in [5.41, 5.74) is 7.74. The molecule has 2 N–H and O–H groups in total. The molecular weight excluding hydrogens is 206 g/mol. The summed E-state index contributed by atoms with van der Waals surface area (Å²) in [6.07, 6.45) is 5.87. The molecule has 0 saturated carbocycles. The van der Waals surface area contributed by atoms with Gasteiger partial charge in [0.1, 0.15) is 0 Å². The number of nitrogens with zero attached hydrogens (tertiary/aromatic N) is 2. The van der Waals surface area contributed by atoms with Crippen molar-refractivity contribution in [3.63, 3.8) is 0 Å². The average molecular weight is 225 g/mol. The van der Waals surface area contributed by atoms with Crippen molar-refractivity contribution in [3.8, 4) is 0 Å². The Balaban J connectivity index is 2.07. The normalized spacial score (nSPS) is 25.3. The number of thiazole rings is 1. The van der Waals surface area contributed by atoms with Crippen molar-refractivity contribution in [1.82, 2.24) is 9.88 Å². The molecule has 3 nitrogen and oxygen atoms in total. The zero-order valence-corrected chi connectivity index (χ0v) is 10.0. The fourth-order valence-electron chi connectivity index (χ4n) is 2.38. The summed E-state index contributed by atoms with van der Waals surface area (Å²) in [5, 5.41) is 0. The van der Waals surface area contributed by atoms with Crippen LogP contribution in [0.5, 0.6) is 0 Å². The topological polar surface area (TPSA) is 42.2 Å². The second-order valence-corrected chi connectivity index (χ2v) is 5.12. The van der Waals surface area contributed by atoms with Crippen LogP contribution in [0.25, 0.3) is 0 Å². The average Bonchev–Trinajstić information content (AvgIpc) is 2.81. The molecule has 0 aromatic carbocycles. The van der Waals surface area contributed by atoms with E-state index in [1.54, 1.807) is 11.3 Å². The van der Waals surface area contributed by atoms with E-state index >= 15 is 0 Å². The Labute approximate surface area is 95.3 Å². The van der Waals surface area contributed by atoms with Gasteiger partial charge in [-0.25, -0.2) is 0 Å². The summed E-state index contributed by atoms with van der Waals surface area (Å²) >= 11 is 1.74. The third-order valence-corrected chi connectivity index (χ3v) is 4.25. The lowest BCUT2D eigenvalue weighted by Gasteiger charge is -2.38. The molecule has 1 fully saturated rings. The summed E-state index contributed by atoms with van der Waals surface area (Å²) in [6, 6.07) is 1.04. The maximum absolute atomic E-state index is 5.83. The quantitative estimate of drug-likeness (QED) is 0.855. The van der Waals surface area contributed by atoms with Crippen LogP contribution < -0.4 is 5.73 Å². The van der Waals surface area contributed by atoms with Gasteiger partial charge < -0.3 is 5.73 Å². The van der Waals surface area contributed by atoms with Crippen LogP contribution in [0.3, 0.4) is 0 Å². The first kappa shape index (κ1) is 11.0. The second kappa shape index (κ2) is 5.05. The highest BCUT2D eigenvalue weighted by atomic mass is 32.1. The highest BCUT2D eigenvalue weighted by molar-refractivity contribution is 7.09. The van der Waals surface area contributed by atoms with E-state index < -0.39 is 0 Å². The smallest absolute Gasteiger partial charge is 0.0794 e. The van der Waals surface area contributed by atoms with Crippen LogP contribution in [0, 0.1) is 0 Å². The van der Waals surface area contributed by atoms with Crippen LogP contribution in [0.4, 0.5) is 0 Å². The molecule has 4 heteroatoms. The Morgan fingerprint density at radius 2 is 2.53 bits per heavy atom. The minimum absolute atomic E-state index is 0.478. The molecule has 0 radical (unpaired) electrons. The van der Waals surface area contributed by atoms with Crippen LogP contribution in [-0.2, 0) is 0 Å². The van der Waals surface area contributed by atoms with Gasteiger partial charge in [0.2, 0.25) is 0 Å². The molecule has 1 aromatic rings. The van der Waals surface area contributed by atoms with Gasteiger partial charge in [-0.2, -0.15) is 0 Å². The predicted molar refractivity (Wildman–Crippen MR) is 63.9 cm³/mol. The van der Waals surface area contributed by atoms with Gasteiger partial charge in [-0.1, -0.05) is 6.42 Å². The first-order chi connectivity index (χ1) is 7.33. The lowest BCUT2D eigenvalue weighted by atomic mass is 10.00. The maximum atomic E-state index is 5.83. The Hall–Kier alpha value is -0.450. The molecule has 1 aromatic heterocycles. The summed E-state index contributed by atoms with van der Waals surface area (Å²) < 4.78 is 0. The van der Waals surface area contributed by atoms with E-state index in [2.05, 4.69) is 16.8 Å². The molecule has 1 saturated heterocycles. The van der Waals surface area contributed by atoms with E-state index in [4.69, 9.17) is 5.73 Å². The first-order valence-electron chi connectivity index (χ1n) is 5.67. The molecule has 0 aliphatic carbocycles. The lowest BCUT2D eigenvalue weighted by molar-refractivity contribution is 0.109. The largest absolute Gasteiger partial charge is 0.329 e. The number of likely N-dealkylation sites (tertiary alicyclic amines) is 1. The van der Waals surface area contributed by atoms with Crippen molar-refractivity contribution in [2.45, 2.75) is 38.3 Å². The van der Waals surface area contributed by atoms with Crippen molar-refractivity contribution in [1.29, 1.82) is 0 Å². The van der Waals surface area contributed by atoms with Crippen LogP contribution in [0.2, 0.25) is 0 Å². The number of hydrogen-bond acceptors (Lipinski definition) is 4. The molecular formula is C11H19N3S. The van der Waals surface area contributed by atoms with E-state index in [1.165, 1.54) is 30.7 Å². The Bertz CT molecular complexity index is 286. The van der Waals surface area contributed by atoms with Crippen LogP contribution in [0.15, 0.2) is 11.7 Å². The van der Waals surface area contributed by atoms with Gasteiger partial charge in [0.05, 0.1) is 5.51 Å². The number of aromatic nitrogens is 1. The van der Waals surface area contributed by atoms with E-state index in [0.29, 0.717) is 12.1 Å². The minimum atomic E-state index is 0.478. The van der Waals surface area contributed by atoms with Crippen LogP contribution in [0.1, 0.15) is 37.1 Å². The summed E-state index contributed by atoms with van der Waals surface area (Å²) in [5.74, 6) is 0. The Morgan fingerprint density at radius 1 is 1.67 bits per heavy atom. The van der Waals surface area contributed by atoms with Crippen molar-refractivity contribution in [2.24, 2.45) is 5.73 Å². The predicted octanol–water partition coefficient (Wildman–Crippen LogP) is 2.02. The number of nitrogens with two attached hydrogens (primary N) is 1. The fraction of sp³-hybridized carbons (Fsp3) is 0.727. The molecule has 2 atom stereocenters. The first-order valence-corrected chi connectivity index (χ1v) is 6.55. The molecule has 2 unspecified atom stereocenters. The van der Waals surface area contributed by atoms with Crippen molar-refractivity contribution in [3.05, 3.63) is 16.6 Å². The van der Waals surface area contributed by atoms with Gasteiger partial charge in [-0.3, -0.25) is 9.88 Å². The fourth-order valence-corrected chi connectivity index (χ4v) is 3.08. The summed E-state index contributed by atoms with van der Waals surface area (Å²) in [7, 11) is 0. The monoisotopic (exact) mass is 225 g/mol. The standard InChI is InChI=1S/C11H19N3S/c1-9(11-7-13-8-15-11)14-5-3-2-4-10(14)6-12/h7-10H,2-6,12H2,1H3.